The summed E-state index contributed by atoms with van der Waals surface area (Å²) in [5, 5.41) is 74.9. The molecule has 32 heteroatoms. The molecular weight excluding hydrogens is 1130 g/mol. The van der Waals surface area contributed by atoms with Gasteiger partial charge >= 0.3 is 0 Å². The Kier molecular flexibility index (Phi) is 33.3. The fraction of sp³-hybridized carbons (Fsp3) is 0.618. The largest absolute Gasteiger partial charge is 0.508 e. The number of aromatic nitrogens is 2. The van der Waals surface area contributed by atoms with E-state index in [2.05, 4.69) is 73.8 Å². The first-order valence-corrected chi connectivity index (χ1v) is 29.1. The number of benzene rings is 1. The highest BCUT2D eigenvalue weighted by atomic mass is 16.3. The maximum atomic E-state index is 14.7. The number of nitrogens with two attached hydrogens (primary N) is 4. The Labute approximate surface area is 507 Å². The Morgan fingerprint density at radius 3 is 1.25 bits per heavy atom. The molecule has 0 bridgehead atoms. The van der Waals surface area contributed by atoms with Gasteiger partial charge in [0.1, 0.15) is 54.1 Å². The number of carbonyl (C=O) groups excluding carboxylic acids is 9. The summed E-state index contributed by atoms with van der Waals surface area (Å²) < 4.78 is 0. The normalized spacial score (nSPS) is 14.6. The summed E-state index contributed by atoms with van der Waals surface area (Å²) >= 11 is 0. The van der Waals surface area contributed by atoms with Gasteiger partial charge in [0.15, 0.2) is 17.9 Å². The summed E-state index contributed by atoms with van der Waals surface area (Å²) in [4.78, 5) is 133. The number of hydrogen-bond donors (Lipinski definition) is 22. The van der Waals surface area contributed by atoms with Gasteiger partial charge in [-0.05, 0) is 100 Å². The first-order chi connectivity index (χ1) is 41.1. The molecule has 1 heterocycles. The van der Waals surface area contributed by atoms with Crippen LogP contribution in [0.4, 0.5) is 0 Å². The average molecular weight is 1230 g/mol. The molecule has 2 rings (SSSR count). The van der Waals surface area contributed by atoms with Crippen LogP contribution in [0.1, 0.15) is 111 Å². The fourth-order valence-electron chi connectivity index (χ4n) is 8.90. The highest BCUT2D eigenvalue weighted by Crippen LogP contribution is 2.15. The van der Waals surface area contributed by atoms with Gasteiger partial charge in [0.2, 0.25) is 53.2 Å². The van der Waals surface area contributed by atoms with Gasteiger partial charge in [-0.25, -0.2) is 4.98 Å². The first kappa shape index (κ1) is 74.3. The van der Waals surface area contributed by atoms with Crippen molar-refractivity contribution in [1.29, 1.82) is 16.2 Å². The minimum Gasteiger partial charge on any atom is -0.508 e. The number of guanidine groups is 3. The van der Waals surface area contributed by atoms with E-state index in [1.165, 1.54) is 24.7 Å². The Hall–Kier alpha value is -8.81. The van der Waals surface area contributed by atoms with Crippen LogP contribution in [0.3, 0.4) is 0 Å². The third-order valence-electron chi connectivity index (χ3n) is 13.8. The molecule has 26 N–H and O–H groups in total. The molecule has 9 amide bonds. The number of aromatic amines is 1. The van der Waals surface area contributed by atoms with Crippen molar-refractivity contribution < 1.29 is 53.4 Å². The Bertz CT molecular complexity index is 2570. The average Bonchev–Trinajstić information content (AvgIpc) is 4.14. The van der Waals surface area contributed by atoms with E-state index in [-0.39, 0.29) is 125 Å². The molecule has 0 radical (unpaired) electrons. The van der Waals surface area contributed by atoms with E-state index in [0.717, 1.165) is 0 Å². The zero-order valence-electron chi connectivity index (χ0n) is 50.8. The number of imidazole rings is 1. The number of nitrogens with one attached hydrogen (secondary N) is 16. The number of aromatic hydroxyl groups is 1. The van der Waals surface area contributed by atoms with Gasteiger partial charge < -0.3 is 102 Å². The topological polar surface area (TPSA) is 543 Å². The minimum atomic E-state index is -1.55. The maximum absolute atomic E-state index is 14.7. The fourth-order valence-corrected chi connectivity index (χ4v) is 8.90. The summed E-state index contributed by atoms with van der Waals surface area (Å²) in [6, 6.07) is -5.53. The molecule has 32 nitrogen and oxygen atoms in total. The molecule has 2 aromatic rings. The summed E-state index contributed by atoms with van der Waals surface area (Å²) in [5.41, 5.74) is 23.1. The van der Waals surface area contributed by atoms with Crippen LogP contribution < -0.4 is 86.7 Å². The standard InChI is InChI=1S/C55H95N21O11/c1-8-31(6)43(44(56)79)76-52(87)42(27-77)75-50(85)40(23-30(4)5)73-49(84)39(22-29(2)3)72-46(81)36(13-10-20-66-54(59)60)69-45(80)35(12-9-19-65-53(57)58)71-51(86)41(25-33-26-64-28-68-33)74-47(82)37(14-11-21-67-55(61)62)70-48(83)38(63-7)24-32-15-17-34(78)18-16-32/h15-18,26,28-31,35-43,63,77-78H,8-14,19-25,27H2,1-7H3,(H2,56,79)(H,64,68)(H,69,80)(H,70,83)(H,71,86)(H,72,81)(H,73,84)(H,74,82)(H,75,85)(H,76,87)(H4,57,58,65)(H4,59,60,66)(H4,61,62,67)/t31-,35-,36-,37-,38-,39+,40-,41-,42-,43-/m0/s1. The van der Waals surface area contributed by atoms with Crippen molar-refractivity contribution in [2.24, 2.45) is 40.7 Å². The zero-order valence-corrected chi connectivity index (χ0v) is 50.8. The summed E-state index contributed by atoms with van der Waals surface area (Å²) in [6.45, 7) is 10.0. The monoisotopic (exact) mass is 1230 g/mol. The summed E-state index contributed by atoms with van der Waals surface area (Å²) in [7, 11) is 1.56. The second kappa shape index (κ2) is 39.0. The Morgan fingerprint density at radius 1 is 0.529 bits per heavy atom. The molecule has 0 aliphatic heterocycles. The molecule has 1 aromatic heterocycles. The lowest BCUT2D eigenvalue weighted by atomic mass is 9.98. The molecule has 486 valence electrons. The van der Waals surface area contributed by atoms with Gasteiger partial charge in [-0.15, -0.1) is 0 Å². The molecule has 0 spiro atoms. The SMILES string of the molecule is CC[C@H](C)[C@H](NC(=O)[C@H](CO)NC(=O)[C@H](CC(C)C)NC(=O)[C@@H](CC(C)C)NC(=O)[C@H](CCCNC(=N)N)NC(=O)[C@H](CCCNC(=N)N)NC(=O)[C@H](Cc1c[nH]cn1)NC(=O)[C@H](CCCNC(=N)N)NC(=O)[C@H](Cc1ccc(O)cc1)NC)C(N)=O. The molecule has 0 saturated carbocycles. The number of primary amides is 1. The number of rotatable bonds is 41. The zero-order chi connectivity index (χ0) is 65.3. The lowest BCUT2D eigenvalue weighted by molar-refractivity contribution is -0.136. The van der Waals surface area contributed by atoms with Crippen molar-refractivity contribution in [2.45, 2.75) is 167 Å². The highest BCUT2D eigenvalue weighted by Gasteiger charge is 2.36. The molecule has 87 heavy (non-hydrogen) atoms. The Balaban J connectivity index is 2.56. The number of nitrogens with zero attached hydrogens (tertiary/aromatic N) is 1. The number of phenols is 1. The molecule has 0 unspecified atom stereocenters. The van der Waals surface area contributed by atoms with Crippen LogP contribution in [0.15, 0.2) is 36.8 Å². The van der Waals surface area contributed by atoms with Crippen molar-refractivity contribution >= 4 is 71.0 Å². The third kappa shape index (κ3) is 28.8. The summed E-state index contributed by atoms with van der Waals surface area (Å²) in [5.74, 6) is -9.24. The lowest BCUT2D eigenvalue weighted by Gasteiger charge is -2.29. The van der Waals surface area contributed by atoms with Crippen LogP contribution in [-0.2, 0) is 56.0 Å². The molecular formula is C55H95N21O11. The van der Waals surface area contributed by atoms with Crippen molar-refractivity contribution in [2.75, 3.05) is 33.3 Å². The molecule has 0 saturated heterocycles. The van der Waals surface area contributed by atoms with Crippen LogP contribution >= 0.6 is 0 Å². The Morgan fingerprint density at radius 2 is 0.897 bits per heavy atom. The van der Waals surface area contributed by atoms with Crippen molar-refractivity contribution in [3.05, 3.63) is 48.0 Å². The predicted octanol–water partition coefficient (Wildman–Crippen LogP) is -4.23. The van der Waals surface area contributed by atoms with Gasteiger partial charge in [-0.3, -0.25) is 59.4 Å². The first-order valence-electron chi connectivity index (χ1n) is 29.1. The summed E-state index contributed by atoms with van der Waals surface area (Å²) in [6.07, 6.45) is 3.53. The molecule has 0 fully saturated rings. The van der Waals surface area contributed by atoms with E-state index in [9.17, 15) is 53.4 Å². The van der Waals surface area contributed by atoms with E-state index in [0.29, 0.717) is 17.7 Å². The van der Waals surface area contributed by atoms with E-state index < -0.39 is 114 Å². The second-order valence-corrected chi connectivity index (χ2v) is 22.1. The van der Waals surface area contributed by atoms with Crippen molar-refractivity contribution in [3.8, 4) is 5.75 Å². The lowest BCUT2D eigenvalue weighted by Crippen LogP contribution is -2.61. The number of aliphatic hydroxyl groups is 1. The number of carbonyl (C=O) groups is 9. The third-order valence-corrected chi connectivity index (χ3v) is 13.8. The quantitative estimate of drug-likeness (QED) is 0.0170. The van der Waals surface area contributed by atoms with Crippen LogP contribution in [0, 0.1) is 34.0 Å². The molecule has 0 aliphatic rings. The minimum absolute atomic E-state index is 0.00233. The van der Waals surface area contributed by atoms with Gasteiger partial charge in [-0.1, -0.05) is 60.1 Å². The van der Waals surface area contributed by atoms with Gasteiger partial charge in [0.25, 0.3) is 0 Å². The highest BCUT2D eigenvalue weighted by molar-refractivity contribution is 5.98. The van der Waals surface area contributed by atoms with Gasteiger partial charge in [0.05, 0.1) is 24.7 Å². The maximum Gasteiger partial charge on any atom is 0.245 e. The predicted molar refractivity (Wildman–Crippen MR) is 324 cm³/mol. The number of aliphatic hydroxyl groups excluding tert-OH is 1. The molecule has 0 aliphatic carbocycles. The number of H-pyrrole nitrogens is 1. The van der Waals surface area contributed by atoms with Gasteiger partial charge in [0, 0.05) is 32.3 Å². The van der Waals surface area contributed by atoms with E-state index in [1.54, 1.807) is 60.7 Å². The number of amides is 9. The van der Waals surface area contributed by atoms with Crippen LogP contribution in [-0.4, -0.2) is 179 Å². The van der Waals surface area contributed by atoms with E-state index >= 15 is 0 Å². The van der Waals surface area contributed by atoms with Crippen molar-refractivity contribution in [3.63, 3.8) is 0 Å². The number of hydrogen-bond acceptors (Lipinski definition) is 16. The van der Waals surface area contributed by atoms with Crippen LogP contribution in [0.5, 0.6) is 5.75 Å². The smallest absolute Gasteiger partial charge is 0.245 e. The van der Waals surface area contributed by atoms with Gasteiger partial charge in [-0.2, -0.15) is 0 Å². The number of phenolic OH excluding ortho intramolecular Hbond substituents is 1. The van der Waals surface area contributed by atoms with Crippen molar-refractivity contribution in [1.82, 2.24) is 73.8 Å². The second-order valence-electron chi connectivity index (χ2n) is 22.1. The molecule has 10 atom stereocenters. The van der Waals surface area contributed by atoms with E-state index in [4.69, 9.17) is 39.2 Å². The van der Waals surface area contributed by atoms with Crippen LogP contribution in [0.2, 0.25) is 0 Å². The number of likely N-dealkylation sites (N-methyl/N-ethyl adjacent to an activating group) is 1. The van der Waals surface area contributed by atoms with E-state index in [1.807, 2.05) is 0 Å². The molecule has 1 aromatic carbocycles. The van der Waals surface area contributed by atoms with Crippen LogP contribution in [0.25, 0.3) is 0 Å².